The lowest BCUT2D eigenvalue weighted by molar-refractivity contribution is 0.989. The molecule has 0 aliphatic rings. The maximum atomic E-state index is 5.29. The van der Waals surface area contributed by atoms with E-state index in [2.05, 4.69) is 6.58 Å². The van der Waals surface area contributed by atoms with Crippen LogP contribution in [0.3, 0.4) is 0 Å². The highest BCUT2D eigenvalue weighted by molar-refractivity contribution is 6.45. The third-order valence-corrected chi connectivity index (χ3v) is 1.07. The predicted molar refractivity (Wildman–Crippen MR) is 42.4 cm³/mol. The van der Waals surface area contributed by atoms with Crippen molar-refractivity contribution < 1.29 is 0 Å². The zero-order valence-corrected chi connectivity index (χ0v) is 5.77. The van der Waals surface area contributed by atoms with Gasteiger partial charge in [-0.3, -0.25) is 0 Å². The smallest absolute Gasteiger partial charge is 0.146 e. The Labute approximate surface area is 57.5 Å². The topological polar surface area (TPSA) is 52.0 Å². The van der Waals surface area contributed by atoms with Gasteiger partial charge < -0.3 is 11.5 Å². The van der Waals surface area contributed by atoms with Crippen LogP contribution < -0.4 is 11.5 Å². The van der Waals surface area contributed by atoms with Crippen LogP contribution >= 0.6 is 0 Å². The van der Waals surface area contributed by atoms with Crippen LogP contribution in [0, 0.1) is 0 Å². The van der Waals surface area contributed by atoms with Gasteiger partial charge in [0.15, 0.2) is 0 Å². The van der Waals surface area contributed by atoms with Gasteiger partial charge in [-0.05, 0) is 19.5 Å². The van der Waals surface area contributed by atoms with Crippen LogP contribution in [-0.2, 0) is 0 Å². The van der Waals surface area contributed by atoms with Crippen molar-refractivity contribution in [3.05, 3.63) is 12.1 Å². The lowest BCUT2D eigenvalue weighted by atomic mass is 9.66. The van der Waals surface area contributed by atoms with Gasteiger partial charge in [0.1, 0.15) is 7.28 Å². The molecule has 4 N–H and O–H groups in total. The Hall–Kier alpha value is -0.275. The van der Waals surface area contributed by atoms with Gasteiger partial charge in [0, 0.05) is 0 Å². The van der Waals surface area contributed by atoms with E-state index in [1.54, 1.807) is 0 Å². The molecule has 0 heterocycles. The Bertz CT molecular complexity index is 83.1. The monoisotopic (exact) mass is 125 g/mol. The van der Waals surface area contributed by atoms with Crippen LogP contribution in [0.5, 0.6) is 0 Å². The number of rotatable bonds is 5. The maximum absolute atomic E-state index is 5.29. The highest BCUT2D eigenvalue weighted by atomic mass is 14.5. The molecule has 0 aromatic heterocycles. The molecule has 0 amide bonds. The first-order valence-corrected chi connectivity index (χ1v) is 3.22. The first-order valence-electron chi connectivity index (χ1n) is 3.22. The average Bonchev–Trinajstić information content (AvgIpc) is 1.85. The Morgan fingerprint density at radius 2 is 2.00 bits per heavy atom. The van der Waals surface area contributed by atoms with Gasteiger partial charge in [-0.25, -0.2) is 0 Å². The molecule has 0 bridgehead atoms. The van der Waals surface area contributed by atoms with Gasteiger partial charge in [0.2, 0.25) is 0 Å². The minimum Gasteiger partial charge on any atom is -0.331 e. The van der Waals surface area contributed by atoms with Crippen LogP contribution in [-0.4, -0.2) is 20.4 Å². The van der Waals surface area contributed by atoms with E-state index in [9.17, 15) is 0 Å². The molecule has 0 fully saturated rings. The minimum atomic E-state index is 0.680. The van der Waals surface area contributed by atoms with E-state index in [4.69, 9.17) is 11.5 Å². The average molecular weight is 125 g/mol. The molecule has 51 valence electrons. The van der Waals surface area contributed by atoms with E-state index in [0.29, 0.717) is 13.1 Å². The second-order valence-electron chi connectivity index (χ2n) is 1.98. The van der Waals surface area contributed by atoms with Crippen molar-refractivity contribution in [1.82, 2.24) is 0 Å². The summed E-state index contributed by atoms with van der Waals surface area (Å²) in [6.45, 7) is 5.17. The fourth-order valence-corrected chi connectivity index (χ4v) is 0.575. The van der Waals surface area contributed by atoms with E-state index in [1.807, 2.05) is 7.28 Å². The normalized spacial score (nSPS) is 9.11. The molecular weight excluding hydrogens is 111 g/mol. The van der Waals surface area contributed by atoms with Gasteiger partial charge in [-0.15, -0.1) is 12.1 Å². The summed E-state index contributed by atoms with van der Waals surface area (Å²) in [7, 11) is 2.03. The molecule has 0 aliphatic heterocycles. The van der Waals surface area contributed by atoms with Crippen molar-refractivity contribution in [2.45, 2.75) is 12.7 Å². The molecule has 0 saturated carbocycles. The van der Waals surface area contributed by atoms with Crippen LogP contribution in [0.15, 0.2) is 12.1 Å². The summed E-state index contributed by atoms with van der Waals surface area (Å²) in [4.78, 5) is 0. The Balaban J connectivity index is 3.06. The van der Waals surface area contributed by atoms with E-state index >= 15 is 0 Å². The van der Waals surface area contributed by atoms with Crippen molar-refractivity contribution in [2.24, 2.45) is 11.5 Å². The van der Waals surface area contributed by atoms with Gasteiger partial charge >= 0.3 is 0 Å². The second kappa shape index (κ2) is 5.85. The van der Waals surface area contributed by atoms with Crippen molar-refractivity contribution in [2.75, 3.05) is 13.1 Å². The van der Waals surface area contributed by atoms with E-state index in [1.165, 1.54) is 0 Å². The van der Waals surface area contributed by atoms with Gasteiger partial charge in [-0.1, -0.05) is 6.32 Å². The van der Waals surface area contributed by atoms with Crippen molar-refractivity contribution in [3.63, 3.8) is 0 Å². The molecule has 9 heavy (non-hydrogen) atoms. The van der Waals surface area contributed by atoms with E-state index in [0.717, 1.165) is 18.2 Å². The largest absolute Gasteiger partial charge is 0.331 e. The molecule has 1 radical (unpaired) electrons. The fraction of sp³-hybridized carbons (Fsp3) is 0.667. The molecule has 2 nitrogen and oxygen atoms in total. The van der Waals surface area contributed by atoms with Gasteiger partial charge in [0.25, 0.3) is 0 Å². The number of nitrogens with two attached hydrogens (primary N) is 2. The van der Waals surface area contributed by atoms with Crippen molar-refractivity contribution >= 4 is 7.28 Å². The van der Waals surface area contributed by atoms with E-state index < -0.39 is 0 Å². The third kappa shape index (κ3) is 5.60. The molecule has 0 atom stereocenters. The lowest BCUT2D eigenvalue weighted by Crippen LogP contribution is -2.08. The zero-order chi connectivity index (χ0) is 7.11. The first kappa shape index (κ1) is 8.72. The summed E-state index contributed by atoms with van der Waals surface area (Å²) in [6, 6.07) is 0. The summed E-state index contributed by atoms with van der Waals surface area (Å²) in [5, 5.41) is 0. The molecule has 3 heteroatoms. The summed E-state index contributed by atoms with van der Waals surface area (Å²) in [5.41, 5.74) is 11.7. The fourth-order valence-electron chi connectivity index (χ4n) is 0.575. The van der Waals surface area contributed by atoms with Gasteiger partial charge in [-0.2, -0.15) is 0 Å². The van der Waals surface area contributed by atoms with Crippen LogP contribution in [0.2, 0.25) is 6.32 Å². The van der Waals surface area contributed by atoms with Crippen molar-refractivity contribution in [3.8, 4) is 0 Å². The lowest BCUT2D eigenvalue weighted by Gasteiger charge is -1.98. The molecule has 0 spiro atoms. The molecule has 0 aromatic carbocycles. The first-order chi connectivity index (χ1) is 4.31. The van der Waals surface area contributed by atoms with Crippen LogP contribution in [0.1, 0.15) is 6.42 Å². The molecule has 0 saturated heterocycles. The Morgan fingerprint density at radius 3 is 2.44 bits per heavy atom. The van der Waals surface area contributed by atoms with Crippen LogP contribution in [0.4, 0.5) is 0 Å². The summed E-state index contributed by atoms with van der Waals surface area (Å²) in [5.74, 6) is 0. The van der Waals surface area contributed by atoms with E-state index in [-0.39, 0.29) is 0 Å². The predicted octanol–water partition coefficient (Wildman–Crippen LogP) is -0.0699. The summed E-state index contributed by atoms with van der Waals surface area (Å²) >= 11 is 0. The number of hydrogen-bond acceptors (Lipinski definition) is 2. The molecule has 0 unspecified atom stereocenters. The minimum absolute atomic E-state index is 0.680. The maximum Gasteiger partial charge on any atom is 0.146 e. The number of hydrogen-bond donors (Lipinski definition) is 2. The highest BCUT2D eigenvalue weighted by Crippen LogP contribution is 1.94. The van der Waals surface area contributed by atoms with Gasteiger partial charge in [0.05, 0.1) is 0 Å². The Morgan fingerprint density at radius 1 is 1.33 bits per heavy atom. The quantitative estimate of drug-likeness (QED) is 0.505. The Kier molecular flexibility index (Phi) is 5.68. The zero-order valence-electron chi connectivity index (χ0n) is 5.77. The van der Waals surface area contributed by atoms with Crippen LogP contribution in [0.25, 0.3) is 0 Å². The SMILES string of the molecule is C=C([B]CCN)CCN. The standard InChI is InChI=1S/C6H14BN2/c1-6(2-4-8)7-3-5-9/h1-5,8-9H2. The second-order valence-corrected chi connectivity index (χ2v) is 1.98. The molecule has 0 rings (SSSR count). The third-order valence-electron chi connectivity index (χ3n) is 1.07. The summed E-state index contributed by atoms with van der Waals surface area (Å²) < 4.78 is 0. The molecular formula is C6H14BN2. The molecule has 0 aromatic rings. The van der Waals surface area contributed by atoms with Crippen molar-refractivity contribution in [1.29, 1.82) is 0 Å². The summed E-state index contributed by atoms with van der Waals surface area (Å²) in [6.07, 6.45) is 1.80. The highest BCUT2D eigenvalue weighted by Gasteiger charge is 1.92. The molecule has 0 aliphatic carbocycles.